The van der Waals surface area contributed by atoms with Crippen LogP contribution in [-0.4, -0.2) is 51.1 Å². The quantitative estimate of drug-likeness (QED) is 0.201. The number of nitrogens with zero attached hydrogens (tertiary/aromatic N) is 5. The number of amides is 3. The Bertz CT molecular complexity index is 1760. The maximum absolute atomic E-state index is 13.0. The minimum atomic E-state index is -4.78. The fraction of sp³-hybridized carbons (Fsp3) is 0.258. The van der Waals surface area contributed by atoms with Gasteiger partial charge in [-0.3, -0.25) is 9.69 Å². The van der Waals surface area contributed by atoms with Crippen molar-refractivity contribution >= 4 is 40.2 Å². The lowest BCUT2D eigenvalue weighted by Gasteiger charge is -2.20. The SMILES string of the molecule is CCCc1ccc(C)cc1N1C(=O)CS/C1=N\C(=O)Nc1ccc(OCc2ncn(-c3ccc(OC(F)(F)F)cc3)n2)cc1OC. The average molecular weight is 655 g/mol. The van der Waals surface area contributed by atoms with Gasteiger partial charge in [0.2, 0.25) is 5.91 Å². The van der Waals surface area contributed by atoms with E-state index in [-0.39, 0.29) is 24.0 Å². The van der Waals surface area contributed by atoms with Crippen LogP contribution < -0.4 is 24.4 Å². The molecule has 1 N–H and O–H groups in total. The van der Waals surface area contributed by atoms with Crippen LogP contribution in [0, 0.1) is 6.92 Å². The maximum Gasteiger partial charge on any atom is 0.573 e. The molecule has 1 aromatic heterocycles. The van der Waals surface area contributed by atoms with Gasteiger partial charge in [0.05, 0.1) is 29.9 Å². The van der Waals surface area contributed by atoms with Crippen molar-refractivity contribution in [1.29, 1.82) is 0 Å². The minimum Gasteiger partial charge on any atom is -0.494 e. The van der Waals surface area contributed by atoms with Crippen molar-refractivity contribution < 1.29 is 37.0 Å². The van der Waals surface area contributed by atoms with Gasteiger partial charge in [-0.1, -0.05) is 37.2 Å². The molecule has 0 aliphatic carbocycles. The zero-order valence-electron chi connectivity index (χ0n) is 25.0. The number of aryl methyl sites for hydroxylation is 2. The highest BCUT2D eigenvalue weighted by atomic mass is 32.2. The molecule has 0 spiro atoms. The van der Waals surface area contributed by atoms with Crippen molar-refractivity contribution in [2.24, 2.45) is 4.99 Å². The Morgan fingerprint density at radius 2 is 1.85 bits per heavy atom. The average Bonchev–Trinajstić information content (AvgIpc) is 3.63. The molecule has 11 nitrogen and oxygen atoms in total. The number of aliphatic imine (C=N–C) groups is 1. The van der Waals surface area contributed by atoms with Crippen LogP contribution in [0.1, 0.15) is 30.3 Å². The van der Waals surface area contributed by atoms with Crippen LogP contribution in [0.3, 0.4) is 0 Å². The number of carbonyl (C=O) groups excluding carboxylic acids is 2. The highest BCUT2D eigenvalue weighted by molar-refractivity contribution is 8.15. The number of alkyl halides is 3. The number of halogens is 3. The van der Waals surface area contributed by atoms with Gasteiger partial charge in [0, 0.05) is 6.07 Å². The Kier molecular flexibility index (Phi) is 9.80. The first-order valence-electron chi connectivity index (χ1n) is 14.1. The molecule has 1 aliphatic rings. The molecule has 0 atom stereocenters. The van der Waals surface area contributed by atoms with Crippen LogP contribution in [0.4, 0.5) is 29.3 Å². The molecule has 0 unspecified atom stereocenters. The second kappa shape index (κ2) is 13.9. The zero-order valence-corrected chi connectivity index (χ0v) is 25.8. The Balaban J connectivity index is 1.23. The number of methoxy groups -OCH3 is 1. The van der Waals surface area contributed by atoms with Crippen molar-refractivity contribution in [2.75, 3.05) is 23.1 Å². The van der Waals surface area contributed by atoms with Gasteiger partial charge in [-0.2, -0.15) is 4.99 Å². The Morgan fingerprint density at radius 1 is 1.09 bits per heavy atom. The topological polar surface area (TPSA) is 120 Å². The first-order chi connectivity index (χ1) is 22.0. The van der Waals surface area contributed by atoms with E-state index in [0.29, 0.717) is 33.9 Å². The number of aromatic nitrogens is 3. The van der Waals surface area contributed by atoms with E-state index < -0.39 is 12.4 Å². The van der Waals surface area contributed by atoms with Crippen LogP contribution in [0.5, 0.6) is 17.2 Å². The molecule has 4 aromatic rings. The van der Waals surface area contributed by atoms with E-state index >= 15 is 0 Å². The number of anilines is 2. The van der Waals surface area contributed by atoms with E-state index in [1.165, 1.54) is 59.0 Å². The van der Waals surface area contributed by atoms with E-state index in [1.807, 2.05) is 25.1 Å². The summed E-state index contributed by atoms with van der Waals surface area (Å²) in [4.78, 5) is 35.7. The van der Waals surface area contributed by atoms with Crippen molar-refractivity contribution in [3.63, 3.8) is 0 Å². The van der Waals surface area contributed by atoms with Gasteiger partial charge in [-0.15, -0.1) is 18.3 Å². The number of amidine groups is 1. The molecule has 3 aromatic carbocycles. The molecule has 240 valence electrons. The number of ether oxygens (including phenoxy) is 3. The lowest BCUT2D eigenvalue weighted by Crippen LogP contribution is -2.31. The number of hydrogen-bond donors (Lipinski definition) is 1. The van der Waals surface area contributed by atoms with E-state index in [9.17, 15) is 22.8 Å². The molecular formula is C31H29F3N6O5S. The van der Waals surface area contributed by atoms with E-state index in [2.05, 4.69) is 32.1 Å². The molecule has 0 radical (unpaired) electrons. The lowest BCUT2D eigenvalue weighted by atomic mass is 10.0. The summed E-state index contributed by atoms with van der Waals surface area (Å²) in [5.41, 5.74) is 3.54. The van der Waals surface area contributed by atoms with Crippen LogP contribution >= 0.6 is 11.8 Å². The van der Waals surface area contributed by atoms with Gasteiger partial charge in [0.25, 0.3) is 0 Å². The summed E-state index contributed by atoms with van der Waals surface area (Å²) in [6.45, 7) is 3.99. The Hall–Kier alpha value is -5.05. The van der Waals surface area contributed by atoms with Crippen molar-refractivity contribution in [1.82, 2.24) is 14.8 Å². The van der Waals surface area contributed by atoms with Crippen LogP contribution in [0.15, 0.2) is 72.0 Å². The van der Waals surface area contributed by atoms with E-state index in [0.717, 1.165) is 29.7 Å². The largest absolute Gasteiger partial charge is 0.573 e. The summed E-state index contributed by atoms with van der Waals surface area (Å²) < 4.78 is 53.7. The third kappa shape index (κ3) is 7.96. The standard InChI is InChI=1S/C31H29F3N6O5S/c1-4-5-20-7-6-19(2)14-25(20)40-28(41)17-46-30(40)37-29(42)36-24-13-12-23(15-26(24)43-3)44-16-27-35-18-39(38-27)21-8-10-22(11-9-21)45-31(32,33)34/h6-15,18H,4-5,16-17H2,1-3H3,(H,36,42)/b37-30-. The van der Waals surface area contributed by atoms with Gasteiger partial charge < -0.3 is 19.5 Å². The highest BCUT2D eigenvalue weighted by Crippen LogP contribution is 2.33. The number of urea groups is 1. The summed E-state index contributed by atoms with van der Waals surface area (Å²) >= 11 is 1.20. The monoisotopic (exact) mass is 654 g/mol. The number of thioether (sulfide) groups is 1. The normalized spacial score (nSPS) is 14.1. The minimum absolute atomic E-state index is 0.0230. The summed E-state index contributed by atoms with van der Waals surface area (Å²) in [7, 11) is 1.44. The summed E-state index contributed by atoms with van der Waals surface area (Å²) in [5.74, 6) is 0.701. The van der Waals surface area contributed by atoms with Crippen LogP contribution in [-0.2, 0) is 17.8 Å². The molecule has 0 bridgehead atoms. The maximum atomic E-state index is 13.0. The number of benzene rings is 3. The third-order valence-electron chi connectivity index (χ3n) is 6.62. The summed E-state index contributed by atoms with van der Waals surface area (Å²) in [6, 6.07) is 15.2. The molecule has 1 saturated heterocycles. The smallest absolute Gasteiger partial charge is 0.494 e. The number of nitrogens with one attached hydrogen (secondary N) is 1. The lowest BCUT2D eigenvalue weighted by molar-refractivity contribution is -0.274. The summed E-state index contributed by atoms with van der Waals surface area (Å²) in [5, 5.41) is 7.29. The first kappa shape index (κ1) is 32.3. The van der Waals surface area contributed by atoms with E-state index in [4.69, 9.17) is 9.47 Å². The van der Waals surface area contributed by atoms with Crippen LogP contribution in [0.2, 0.25) is 0 Å². The second-order valence-corrected chi connectivity index (χ2v) is 11.0. The van der Waals surface area contributed by atoms with Gasteiger partial charge in [0.1, 0.15) is 30.2 Å². The molecule has 0 saturated carbocycles. The first-order valence-corrected chi connectivity index (χ1v) is 15.0. The molecule has 46 heavy (non-hydrogen) atoms. The molecule has 1 fully saturated rings. The number of hydrogen-bond acceptors (Lipinski definition) is 8. The number of carbonyl (C=O) groups is 2. The molecule has 3 amide bonds. The molecular weight excluding hydrogens is 625 g/mol. The zero-order chi connectivity index (χ0) is 32.8. The number of rotatable bonds is 10. The molecule has 15 heteroatoms. The summed E-state index contributed by atoms with van der Waals surface area (Å²) in [6.07, 6.45) is -1.69. The Labute approximate surface area is 266 Å². The van der Waals surface area contributed by atoms with Crippen molar-refractivity contribution in [3.05, 3.63) is 83.9 Å². The van der Waals surface area contributed by atoms with Gasteiger partial charge >= 0.3 is 12.4 Å². The van der Waals surface area contributed by atoms with E-state index in [1.54, 1.807) is 18.2 Å². The fourth-order valence-electron chi connectivity index (χ4n) is 4.58. The highest BCUT2D eigenvalue weighted by Gasteiger charge is 2.32. The van der Waals surface area contributed by atoms with Crippen LogP contribution in [0.25, 0.3) is 5.69 Å². The third-order valence-corrected chi connectivity index (χ3v) is 7.54. The van der Waals surface area contributed by atoms with Gasteiger partial charge in [0.15, 0.2) is 11.0 Å². The van der Waals surface area contributed by atoms with Crippen molar-refractivity contribution in [3.8, 4) is 22.9 Å². The fourth-order valence-corrected chi connectivity index (χ4v) is 5.43. The second-order valence-electron chi connectivity index (χ2n) is 10.0. The molecule has 2 heterocycles. The van der Waals surface area contributed by atoms with Gasteiger partial charge in [-0.25, -0.2) is 14.5 Å². The Morgan fingerprint density at radius 3 is 2.57 bits per heavy atom. The molecule has 1 aliphatic heterocycles. The molecule has 5 rings (SSSR count). The van der Waals surface area contributed by atoms with Crippen molar-refractivity contribution in [2.45, 2.75) is 39.7 Å². The predicted octanol–water partition coefficient (Wildman–Crippen LogP) is 6.68. The predicted molar refractivity (Wildman–Crippen MR) is 167 cm³/mol. The van der Waals surface area contributed by atoms with Gasteiger partial charge in [-0.05, 0) is 66.9 Å².